The van der Waals surface area contributed by atoms with Crippen LogP contribution in [0.1, 0.15) is 21.6 Å². The molecule has 1 unspecified atom stereocenters. The summed E-state index contributed by atoms with van der Waals surface area (Å²) in [5.41, 5.74) is 7.27. The van der Waals surface area contributed by atoms with Gasteiger partial charge in [-0.25, -0.2) is 0 Å². The van der Waals surface area contributed by atoms with Gasteiger partial charge in [-0.2, -0.15) is 4.39 Å². The van der Waals surface area contributed by atoms with E-state index in [-0.39, 0.29) is 16.7 Å². The van der Waals surface area contributed by atoms with E-state index in [9.17, 15) is 18.8 Å². The van der Waals surface area contributed by atoms with E-state index in [0.717, 1.165) is 5.56 Å². The van der Waals surface area contributed by atoms with Crippen LogP contribution in [0, 0.1) is 6.92 Å². The first-order valence-electron chi connectivity index (χ1n) is 8.87. The van der Waals surface area contributed by atoms with E-state index >= 15 is 0 Å². The summed E-state index contributed by atoms with van der Waals surface area (Å²) in [4.78, 5) is 35.7. The fourth-order valence-electron chi connectivity index (χ4n) is 3.24. The maximum atomic E-state index is 14.1. The number of rotatable bonds is 7. The number of benzene rings is 2. The zero-order chi connectivity index (χ0) is 21.1. The van der Waals surface area contributed by atoms with Crippen LogP contribution in [-0.4, -0.2) is 35.6 Å². The van der Waals surface area contributed by atoms with Gasteiger partial charge in [0.15, 0.2) is 0 Å². The molecule has 0 aliphatic rings. The van der Waals surface area contributed by atoms with Gasteiger partial charge >= 0.3 is 6.36 Å². The Morgan fingerprint density at radius 1 is 1.14 bits per heavy atom. The summed E-state index contributed by atoms with van der Waals surface area (Å²) in [5, 5.41) is 2.39. The number of fused-ring (bicyclic) bond motifs is 1. The third kappa shape index (κ3) is 3.82. The molecule has 3 rings (SSSR count). The Kier molecular flexibility index (Phi) is 5.63. The number of ketones is 1. The minimum Gasteiger partial charge on any atom is -0.451 e. The highest BCUT2D eigenvalue weighted by Gasteiger charge is 2.27. The molecule has 3 N–H and O–H groups in total. The van der Waals surface area contributed by atoms with Crippen LogP contribution in [0.5, 0.6) is 5.75 Å². The van der Waals surface area contributed by atoms with Gasteiger partial charge in [-0.3, -0.25) is 14.4 Å². The van der Waals surface area contributed by atoms with E-state index in [2.05, 4.69) is 5.32 Å². The van der Waals surface area contributed by atoms with Crippen molar-refractivity contribution in [3.63, 3.8) is 0 Å². The average molecular weight is 397 g/mol. The maximum Gasteiger partial charge on any atom is 0.316 e. The number of nitrogens with zero attached hydrogens (tertiary/aromatic N) is 1. The number of amides is 2. The molecule has 7 nitrogen and oxygen atoms in total. The van der Waals surface area contributed by atoms with E-state index in [1.54, 1.807) is 19.1 Å². The van der Waals surface area contributed by atoms with Crippen LogP contribution in [0.25, 0.3) is 10.9 Å². The maximum absolute atomic E-state index is 14.1. The first-order valence-corrected chi connectivity index (χ1v) is 8.87. The molecule has 1 aromatic heterocycles. The Hall–Kier alpha value is -3.68. The molecule has 0 spiro atoms. The van der Waals surface area contributed by atoms with Crippen molar-refractivity contribution >= 4 is 28.5 Å². The van der Waals surface area contributed by atoms with Crippen LogP contribution >= 0.6 is 0 Å². The number of ether oxygens (including phenoxy) is 1. The Labute approximate surface area is 166 Å². The van der Waals surface area contributed by atoms with E-state index < -0.39 is 24.0 Å². The van der Waals surface area contributed by atoms with Gasteiger partial charge in [-0.1, -0.05) is 36.4 Å². The van der Waals surface area contributed by atoms with Crippen molar-refractivity contribution in [2.45, 2.75) is 19.8 Å². The molecule has 8 heteroatoms. The molecule has 0 radical (unpaired) electrons. The number of carbonyl (C=O) groups excluding carboxylic acids is 3. The number of primary amides is 1. The summed E-state index contributed by atoms with van der Waals surface area (Å²) in [5.74, 6) is -3.04. The molecule has 3 aromatic rings. The Morgan fingerprint density at radius 2 is 1.83 bits per heavy atom. The van der Waals surface area contributed by atoms with Crippen LogP contribution in [-0.2, 0) is 16.1 Å². The molecule has 0 fully saturated rings. The highest BCUT2D eigenvalue weighted by Crippen LogP contribution is 2.35. The van der Waals surface area contributed by atoms with Gasteiger partial charge in [-0.05, 0) is 24.6 Å². The van der Waals surface area contributed by atoms with Crippen LogP contribution in [0.2, 0.25) is 0 Å². The Balaban J connectivity index is 2.21. The summed E-state index contributed by atoms with van der Waals surface area (Å²) in [6, 6.07) is 14.3. The van der Waals surface area contributed by atoms with Crippen LogP contribution in [0.3, 0.4) is 0 Å². The SMILES string of the molecule is CNC(=O)C(F)Oc1cccc2c1c(C(=O)C(N)=O)c(C)n2Cc1ccccc1. The first-order chi connectivity index (χ1) is 13.8. The minimum atomic E-state index is -2.28. The quantitative estimate of drug-likeness (QED) is 0.471. The Bertz CT molecular complexity index is 1090. The van der Waals surface area contributed by atoms with Crippen molar-refractivity contribution < 1.29 is 23.5 Å². The predicted octanol–water partition coefficient (Wildman–Crippen LogP) is 2.09. The van der Waals surface area contributed by atoms with Crippen molar-refractivity contribution in [3.05, 3.63) is 65.4 Å². The van der Waals surface area contributed by atoms with Crippen molar-refractivity contribution in [2.24, 2.45) is 5.73 Å². The fourth-order valence-corrected chi connectivity index (χ4v) is 3.24. The van der Waals surface area contributed by atoms with Crippen molar-refractivity contribution in [1.29, 1.82) is 0 Å². The topological polar surface area (TPSA) is 103 Å². The molecule has 150 valence electrons. The third-order valence-corrected chi connectivity index (χ3v) is 4.63. The van der Waals surface area contributed by atoms with Crippen molar-refractivity contribution in [3.8, 4) is 5.75 Å². The number of Topliss-reactive ketones (excluding diaryl/α,β-unsaturated/α-hetero) is 1. The number of nitrogens with one attached hydrogen (secondary N) is 1. The first kappa shape index (κ1) is 20.1. The van der Waals surface area contributed by atoms with Gasteiger partial charge in [0.25, 0.3) is 17.6 Å². The lowest BCUT2D eigenvalue weighted by Gasteiger charge is -2.12. The number of likely N-dealkylation sites (N-methyl/N-ethyl adjacent to an activating group) is 1. The molecule has 1 heterocycles. The normalized spacial score (nSPS) is 11.8. The standard InChI is InChI=1S/C21H20FN3O4/c1-12-16(18(26)20(23)27)17-14(25(12)11-13-7-4-3-5-8-13)9-6-10-15(17)29-19(22)21(28)24-2/h3-10,19H,11H2,1-2H3,(H2,23,27)(H,24,28). The minimum absolute atomic E-state index is 0.0295. The highest BCUT2D eigenvalue weighted by molar-refractivity contribution is 6.45. The molecular weight excluding hydrogens is 377 g/mol. The molecule has 0 bridgehead atoms. The number of aromatic nitrogens is 1. The van der Waals surface area contributed by atoms with Crippen LogP contribution < -0.4 is 15.8 Å². The second-order valence-electron chi connectivity index (χ2n) is 6.42. The molecule has 1 atom stereocenters. The molecule has 0 saturated heterocycles. The van der Waals surface area contributed by atoms with Gasteiger partial charge in [0.1, 0.15) is 5.75 Å². The number of alkyl halides is 1. The summed E-state index contributed by atoms with van der Waals surface area (Å²) in [7, 11) is 1.28. The predicted molar refractivity (Wildman–Crippen MR) is 105 cm³/mol. The van der Waals surface area contributed by atoms with E-state index in [4.69, 9.17) is 10.5 Å². The zero-order valence-corrected chi connectivity index (χ0v) is 15.9. The van der Waals surface area contributed by atoms with Crippen molar-refractivity contribution in [1.82, 2.24) is 9.88 Å². The molecular formula is C21H20FN3O4. The molecule has 2 amide bonds. The number of hydrogen-bond donors (Lipinski definition) is 2. The zero-order valence-electron chi connectivity index (χ0n) is 15.9. The molecule has 29 heavy (non-hydrogen) atoms. The summed E-state index contributed by atoms with van der Waals surface area (Å²) in [6.07, 6.45) is -2.28. The third-order valence-electron chi connectivity index (χ3n) is 4.63. The van der Waals surface area contributed by atoms with Gasteiger partial charge < -0.3 is 20.4 Å². The lowest BCUT2D eigenvalue weighted by molar-refractivity contribution is -0.134. The number of nitrogens with two attached hydrogens (primary N) is 1. The average Bonchev–Trinajstić information content (AvgIpc) is 3.00. The molecule has 2 aromatic carbocycles. The van der Waals surface area contributed by atoms with Crippen molar-refractivity contribution in [2.75, 3.05) is 7.05 Å². The lowest BCUT2D eigenvalue weighted by atomic mass is 10.1. The number of halogens is 1. The summed E-state index contributed by atoms with van der Waals surface area (Å²) < 4.78 is 21.1. The van der Waals surface area contributed by atoms with E-state index in [1.807, 2.05) is 34.9 Å². The van der Waals surface area contributed by atoms with E-state index in [1.165, 1.54) is 13.1 Å². The van der Waals surface area contributed by atoms with Crippen LogP contribution in [0.15, 0.2) is 48.5 Å². The number of carbonyl (C=O) groups is 3. The van der Waals surface area contributed by atoms with Gasteiger partial charge in [0, 0.05) is 19.3 Å². The molecule has 0 aliphatic heterocycles. The smallest absolute Gasteiger partial charge is 0.316 e. The largest absolute Gasteiger partial charge is 0.451 e. The lowest BCUT2D eigenvalue weighted by Crippen LogP contribution is -2.32. The summed E-state index contributed by atoms with van der Waals surface area (Å²) >= 11 is 0. The fraction of sp³-hybridized carbons (Fsp3) is 0.190. The number of hydrogen-bond acceptors (Lipinski definition) is 4. The van der Waals surface area contributed by atoms with Crippen LogP contribution in [0.4, 0.5) is 4.39 Å². The van der Waals surface area contributed by atoms with E-state index in [0.29, 0.717) is 17.8 Å². The van der Waals surface area contributed by atoms with Gasteiger partial charge in [0.2, 0.25) is 0 Å². The van der Waals surface area contributed by atoms with Gasteiger partial charge in [-0.15, -0.1) is 0 Å². The second-order valence-corrected chi connectivity index (χ2v) is 6.42. The summed E-state index contributed by atoms with van der Waals surface area (Å²) in [6.45, 7) is 2.09. The van der Waals surface area contributed by atoms with Gasteiger partial charge in [0.05, 0.1) is 16.5 Å². The monoisotopic (exact) mass is 397 g/mol. The highest BCUT2D eigenvalue weighted by atomic mass is 19.1. The molecule has 0 aliphatic carbocycles. The molecule has 0 saturated carbocycles. The Morgan fingerprint density at radius 3 is 2.45 bits per heavy atom. The second kappa shape index (κ2) is 8.14.